The van der Waals surface area contributed by atoms with Crippen LogP contribution in [-0.2, 0) is 11.3 Å². The average molecular weight is 339 g/mol. The molecule has 1 aliphatic heterocycles. The molecule has 1 aromatic heterocycles. The number of ether oxygens (including phenoxy) is 1. The smallest absolute Gasteiger partial charge is 0.193 e. The van der Waals surface area contributed by atoms with Crippen LogP contribution in [0, 0.1) is 13.8 Å². The van der Waals surface area contributed by atoms with Gasteiger partial charge in [-0.05, 0) is 49.2 Å². The maximum atomic E-state index is 6.01. The Morgan fingerprint density at radius 3 is 2.76 bits per heavy atom. The number of benzene rings is 1. The van der Waals surface area contributed by atoms with E-state index in [-0.39, 0.29) is 0 Å². The monoisotopic (exact) mass is 339 g/mol. The van der Waals surface area contributed by atoms with Gasteiger partial charge in [0, 0.05) is 18.8 Å². The van der Waals surface area contributed by atoms with E-state index in [1.165, 1.54) is 11.1 Å². The number of nitrogens with one attached hydrogen (secondary N) is 1. The van der Waals surface area contributed by atoms with Gasteiger partial charge < -0.3 is 20.7 Å². The van der Waals surface area contributed by atoms with Crippen molar-refractivity contribution in [3.63, 3.8) is 0 Å². The molecule has 0 amide bonds. The lowest BCUT2D eigenvalue weighted by Crippen LogP contribution is -2.36. The molecule has 6 heteroatoms. The van der Waals surface area contributed by atoms with E-state index >= 15 is 0 Å². The molecule has 3 rings (SSSR count). The standard InChI is InChI=1S/C19H25N5O/c1-14-6-7-16(12-15(14)2)23-19(20)21-13-17-4-3-5-18(22-17)24-8-10-25-11-9-24/h3-7,12H,8-11,13H2,1-2H3,(H3,20,21,23). The molecular formula is C19H25N5O. The van der Waals surface area contributed by atoms with Crippen LogP contribution in [0.3, 0.4) is 0 Å². The third-order valence-corrected chi connectivity index (χ3v) is 4.32. The van der Waals surface area contributed by atoms with Gasteiger partial charge in [-0.3, -0.25) is 0 Å². The number of aliphatic imine (C=N–C) groups is 1. The fourth-order valence-corrected chi connectivity index (χ4v) is 2.70. The predicted molar refractivity (Wildman–Crippen MR) is 102 cm³/mol. The summed E-state index contributed by atoms with van der Waals surface area (Å²) < 4.78 is 5.39. The van der Waals surface area contributed by atoms with Crippen LogP contribution in [0.25, 0.3) is 0 Å². The zero-order valence-corrected chi connectivity index (χ0v) is 14.8. The number of morpholine rings is 1. The molecule has 0 saturated carbocycles. The second-order valence-electron chi connectivity index (χ2n) is 6.21. The van der Waals surface area contributed by atoms with Crippen molar-refractivity contribution in [1.82, 2.24) is 4.98 Å². The number of nitrogens with zero attached hydrogens (tertiary/aromatic N) is 3. The fourth-order valence-electron chi connectivity index (χ4n) is 2.70. The van der Waals surface area contributed by atoms with E-state index < -0.39 is 0 Å². The predicted octanol–water partition coefficient (Wildman–Crippen LogP) is 2.46. The number of aromatic nitrogens is 1. The minimum absolute atomic E-state index is 0.391. The van der Waals surface area contributed by atoms with E-state index in [0.717, 1.165) is 43.5 Å². The van der Waals surface area contributed by atoms with Gasteiger partial charge in [-0.2, -0.15) is 0 Å². The number of rotatable bonds is 4. The summed E-state index contributed by atoms with van der Waals surface area (Å²) in [4.78, 5) is 11.3. The van der Waals surface area contributed by atoms with Gasteiger partial charge in [0.2, 0.25) is 0 Å². The summed E-state index contributed by atoms with van der Waals surface area (Å²) >= 11 is 0. The largest absolute Gasteiger partial charge is 0.378 e. The van der Waals surface area contributed by atoms with Crippen LogP contribution >= 0.6 is 0 Å². The topological polar surface area (TPSA) is 75.8 Å². The number of anilines is 2. The Morgan fingerprint density at radius 1 is 1.20 bits per heavy atom. The highest BCUT2D eigenvalue weighted by Gasteiger charge is 2.12. The molecule has 2 heterocycles. The zero-order chi connectivity index (χ0) is 17.6. The Morgan fingerprint density at radius 2 is 2.00 bits per heavy atom. The molecule has 1 aliphatic rings. The van der Waals surface area contributed by atoms with Crippen LogP contribution in [0.2, 0.25) is 0 Å². The summed E-state index contributed by atoms with van der Waals surface area (Å²) in [6.07, 6.45) is 0. The fraction of sp³-hybridized carbons (Fsp3) is 0.368. The van der Waals surface area contributed by atoms with Crippen molar-refractivity contribution in [3.05, 3.63) is 53.2 Å². The van der Waals surface area contributed by atoms with Gasteiger partial charge in [-0.25, -0.2) is 9.98 Å². The molecule has 1 aromatic carbocycles. The third-order valence-electron chi connectivity index (χ3n) is 4.32. The van der Waals surface area contributed by atoms with Gasteiger partial charge in [0.15, 0.2) is 5.96 Å². The van der Waals surface area contributed by atoms with E-state index in [0.29, 0.717) is 12.5 Å². The van der Waals surface area contributed by atoms with E-state index in [2.05, 4.69) is 46.2 Å². The Bertz CT molecular complexity index is 753. The van der Waals surface area contributed by atoms with Gasteiger partial charge >= 0.3 is 0 Å². The average Bonchev–Trinajstić information content (AvgIpc) is 2.64. The van der Waals surface area contributed by atoms with Crippen LogP contribution in [0.4, 0.5) is 11.5 Å². The first-order chi connectivity index (χ1) is 12.1. The molecule has 6 nitrogen and oxygen atoms in total. The molecule has 1 fully saturated rings. The van der Waals surface area contributed by atoms with E-state index in [4.69, 9.17) is 10.5 Å². The Balaban J connectivity index is 1.63. The van der Waals surface area contributed by atoms with Gasteiger partial charge in [-0.1, -0.05) is 12.1 Å². The van der Waals surface area contributed by atoms with Gasteiger partial charge in [0.25, 0.3) is 0 Å². The highest BCUT2D eigenvalue weighted by molar-refractivity contribution is 5.92. The molecule has 0 spiro atoms. The summed E-state index contributed by atoms with van der Waals surface area (Å²) in [5, 5.41) is 3.13. The van der Waals surface area contributed by atoms with Crippen molar-refractivity contribution in [2.45, 2.75) is 20.4 Å². The Hall–Kier alpha value is -2.60. The van der Waals surface area contributed by atoms with Gasteiger partial charge in [-0.15, -0.1) is 0 Å². The molecule has 0 aliphatic carbocycles. The second kappa shape index (κ2) is 7.98. The van der Waals surface area contributed by atoms with Crippen LogP contribution in [0.1, 0.15) is 16.8 Å². The minimum atomic E-state index is 0.391. The SMILES string of the molecule is Cc1ccc(NC(N)=NCc2cccc(N3CCOCC3)n2)cc1C. The van der Waals surface area contributed by atoms with Crippen LogP contribution in [-0.4, -0.2) is 37.2 Å². The molecule has 0 unspecified atom stereocenters. The number of hydrogen-bond donors (Lipinski definition) is 2. The van der Waals surface area contributed by atoms with Crippen LogP contribution in [0.5, 0.6) is 0 Å². The molecule has 0 radical (unpaired) electrons. The molecule has 0 bridgehead atoms. The summed E-state index contributed by atoms with van der Waals surface area (Å²) in [6, 6.07) is 12.1. The minimum Gasteiger partial charge on any atom is -0.378 e. The van der Waals surface area contributed by atoms with Crippen molar-refractivity contribution in [1.29, 1.82) is 0 Å². The van der Waals surface area contributed by atoms with Crippen molar-refractivity contribution in [2.75, 3.05) is 36.5 Å². The molecule has 25 heavy (non-hydrogen) atoms. The molecular weight excluding hydrogens is 314 g/mol. The van der Waals surface area contributed by atoms with Gasteiger partial charge in [0.1, 0.15) is 5.82 Å². The highest BCUT2D eigenvalue weighted by atomic mass is 16.5. The summed E-state index contributed by atoms with van der Waals surface area (Å²) in [5.41, 5.74) is 10.3. The molecule has 132 valence electrons. The van der Waals surface area contributed by atoms with Crippen molar-refractivity contribution in [3.8, 4) is 0 Å². The van der Waals surface area contributed by atoms with Crippen molar-refractivity contribution >= 4 is 17.5 Å². The van der Waals surface area contributed by atoms with Gasteiger partial charge in [0.05, 0.1) is 25.5 Å². The first-order valence-corrected chi connectivity index (χ1v) is 8.54. The van der Waals surface area contributed by atoms with Crippen molar-refractivity contribution in [2.24, 2.45) is 10.7 Å². The maximum Gasteiger partial charge on any atom is 0.193 e. The quantitative estimate of drug-likeness (QED) is 0.661. The third kappa shape index (κ3) is 4.70. The number of hydrogen-bond acceptors (Lipinski definition) is 4. The lowest BCUT2D eigenvalue weighted by Gasteiger charge is -2.27. The number of aryl methyl sites for hydroxylation is 2. The molecule has 2 aromatic rings. The number of guanidine groups is 1. The maximum absolute atomic E-state index is 6.01. The Kier molecular flexibility index (Phi) is 5.50. The highest BCUT2D eigenvalue weighted by Crippen LogP contribution is 2.15. The number of pyridine rings is 1. The van der Waals surface area contributed by atoms with E-state index in [1.807, 2.05) is 24.3 Å². The normalized spacial score (nSPS) is 15.3. The lowest BCUT2D eigenvalue weighted by molar-refractivity contribution is 0.122. The zero-order valence-electron chi connectivity index (χ0n) is 14.8. The van der Waals surface area contributed by atoms with Crippen LogP contribution < -0.4 is 16.0 Å². The van der Waals surface area contributed by atoms with E-state index in [9.17, 15) is 0 Å². The number of nitrogens with two attached hydrogens (primary N) is 1. The Labute approximate surface area is 148 Å². The first-order valence-electron chi connectivity index (χ1n) is 8.54. The van der Waals surface area contributed by atoms with E-state index in [1.54, 1.807) is 0 Å². The lowest BCUT2D eigenvalue weighted by atomic mass is 10.1. The summed E-state index contributed by atoms with van der Waals surface area (Å²) in [5.74, 6) is 1.36. The molecule has 3 N–H and O–H groups in total. The van der Waals surface area contributed by atoms with Crippen LogP contribution in [0.15, 0.2) is 41.4 Å². The molecule has 1 saturated heterocycles. The first kappa shape index (κ1) is 17.2. The van der Waals surface area contributed by atoms with Crippen molar-refractivity contribution < 1.29 is 4.74 Å². The second-order valence-corrected chi connectivity index (χ2v) is 6.21. The molecule has 0 atom stereocenters. The summed E-state index contributed by atoms with van der Waals surface area (Å²) in [7, 11) is 0. The summed E-state index contributed by atoms with van der Waals surface area (Å²) in [6.45, 7) is 7.85.